The molecule has 0 saturated heterocycles. The lowest BCUT2D eigenvalue weighted by atomic mass is 9.91. The molecule has 270 valence electrons. The first-order valence-corrected chi connectivity index (χ1v) is 19.8. The highest BCUT2D eigenvalue weighted by Gasteiger charge is 2.29. The number of hydrogen-bond acceptors (Lipinski definition) is 3. The summed E-state index contributed by atoms with van der Waals surface area (Å²) in [5, 5.41) is 6.77. The molecular formula is C54H32N2O2. The van der Waals surface area contributed by atoms with Crippen molar-refractivity contribution >= 4 is 82.7 Å². The van der Waals surface area contributed by atoms with Gasteiger partial charge in [0.1, 0.15) is 11.2 Å². The minimum atomic E-state index is 0.816. The zero-order chi connectivity index (χ0) is 37.9. The number of benzene rings is 9. The number of nitrogens with zero attached hydrogens (tertiary/aromatic N) is 2. The van der Waals surface area contributed by atoms with E-state index in [1.807, 2.05) is 12.1 Å². The van der Waals surface area contributed by atoms with Crippen LogP contribution in [0.15, 0.2) is 203 Å². The molecule has 0 saturated carbocycles. The zero-order valence-electron chi connectivity index (χ0n) is 31.2. The highest BCUT2D eigenvalue weighted by atomic mass is 16.3. The van der Waals surface area contributed by atoms with E-state index in [0.29, 0.717) is 0 Å². The van der Waals surface area contributed by atoms with Crippen LogP contribution in [0, 0.1) is 0 Å². The van der Waals surface area contributed by atoms with E-state index in [2.05, 4.69) is 191 Å². The van der Waals surface area contributed by atoms with E-state index >= 15 is 0 Å². The largest absolute Gasteiger partial charge is 0.454 e. The molecule has 0 bridgehead atoms. The molecule has 0 spiro atoms. The van der Waals surface area contributed by atoms with Gasteiger partial charge in [-0.3, -0.25) is 0 Å². The van der Waals surface area contributed by atoms with Crippen molar-refractivity contribution in [2.45, 2.75) is 0 Å². The van der Waals surface area contributed by atoms with Gasteiger partial charge in [0.25, 0.3) is 0 Å². The van der Waals surface area contributed by atoms with Crippen molar-refractivity contribution in [3.05, 3.63) is 194 Å². The van der Waals surface area contributed by atoms with Crippen molar-refractivity contribution in [2.75, 3.05) is 4.90 Å². The smallest absolute Gasteiger partial charge is 0.159 e. The van der Waals surface area contributed by atoms with Crippen molar-refractivity contribution in [3.8, 4) is 39.1 Å². The monoisotopic (exact) mass is 740 g/mol. The Labute approximate surface area is 333 Å². The zero-order valence-corrected chi connectivity index (χ0v) is 31.2. The van der Waals surface area contributed by atoms with Gasteiger partial charge in [-0.1, -0.05) is 146 Å². The van der Waals surface area contributed by atoms with Gasteiger partial charge >= 0.3 is 0 Å². The Bertz CT molecular complexity index is 3620. The van der Waals surface area contributed by atoms with Gasteiger partial charge < -0.3 is 18.3 Å². The Balaban J connectivity index is 1.11. The van der Waals surface area contributed by atoms with Gasteiger partial charge in [0.05, 0.1) is 28.1 Å². The fourth-order valence-electron chi connectivity index (χ4n) is 9.63. The maximum atomic E-state index is 7.38. The average Bonchev–Trinajstić information content (AvgIpc) is 3.95. The minimum Gasteiger partial charge on any atom is -0.454 e. The Morgan fingerprint density at radius 1 is 0.362 bits per heavy atom. The topological polar surface area (TPSA) is 34.5 Å². The predicted octanol–water partition coefficient (Wildman–Crippen LogP) is 15.4. The van der Waals surface area contributed by atoms with Crippen LogP contribution in [0.4, 0.5) is 17.1 Å². The number of rotatable bonds is 4. The Morgan fingerprint density at radius 2 is 0.966 bits per heavy atom. The van der Waals surface area contributed by atoms with E-state index in [0.717, 1.165) is 83.2 Å². The maximum Gasteiger partial charge on any atom is 0.159 e. The van der Waals surface area contributed by atoms with Crippen LogP contribution in [-0.2, 0) is 0 Å². The molecule has 0 radical (unpaired) electrons. The molecule has 0 fully saturated rings. The average molecular weight is 741 g/mol. The van der Waals surface area contributed by atoms with Crippen molar-refractivity contribution in [1.29, 1.82) is 0 Å². The van der Waals surface area contributed by atoms with Crippen LogP contribution in [0.5, 0.6) is 0 Å². The van der Waals surface area contributed by atoms with Gasteiger partial charge in [-0.05, 0) is 65.2 Å². The van der Waals surface area contributed by atoms with E-state index < -0.39 is 0 Å². The van der Waals surface area contributed by atoms with Gasteiger partial charge in [-0.15, -0.1) is 0 Å². The summed E-state index contributed by atoms with van der Waals surface area (Å²) in [6, 6.07) is 69.3. The first-order chi connectivity index (χ1) is 28.8. The summed E-state index contributed by atoms with van der Waals surface area (Å²) in [6.07, 6.45) is 0. The lowest BCUT2D eigenvalue weighted by Crippen LogP contribution is -2.10. The van der Waals surface area contributed by atoms with E-state index in [1.54, 1.807) is 0 Å². The highest BCUT2D eigenvalue weighted by Crippen LogP contribution is 2.52. The summed E-state index contributed by atoms with van der Waals surface area (Å²) in [4.78, 5) is 2.30. The number of aromatic nitrogens is 1. The second kappa shape index (κ2) is 11.8. The summed E-state index contributed by atoms with van der Waals surface area (Å²) >= 11 is 0. The second-order valence-corrected chi connectivity index (χ2v) is 15.2. The summed E-state index contributed by atoms with van der Waals surface area (Å²) in [5.41, 5.74) is 16.8. The summed E-state index contributed by atoms with van der Waals surface area (Å²) in [7, 11) is 0. The number of furan rings is 2. The lowest BCUT2D eigenvalue weighted by molar-refractivity contribution is 0.667. The fraction of sp³-hybridized carbons (Fsp3) is 0. The third-order valence-corrected chi connectivity index (χ3v) is 12.1. The minimum absolute atomic E-state index is 0.816. The van der Waals surface area contributed by atoms with Crippen LogP contribution in [0.25, 0.3) is 105 Å². The predicted molar refractivity (Wildman–Crippen MR) is 240 cm³/mol. The third kappa shape index (κ3) is 4.29. The number of anilines is 3. The van der Waals surface area contributed by atoms with Crippen molar-refractivity contribution in [3.63, 3.8) is 0 Å². The molecule has 4 nitrogen and oxygen atoms in total. The van der Waals surface area contributed by atoms with Crippen LogP contribution in [-0.4, -0.2) is 4.57 Å². The van der Waals surface area contributed by atoms with E-state index in [4.69, 9.17) is 8.83 Å². The van der Waals surface area contributed by atoms with Crippen LogP contribution >= 0.6 is 0 Å². The molecule has 1 aliphatic rings. The summed E-state index contributed by atoms with van der Waals surface area (Å²) < 4.78 is 16.5. The van der Waals surface area contributed by atoms with E-state index in [1.165, 1.54) is 38.6 Å². The Hall–Kier alpha value is -7.82. The molecule has 4 heterocycles. The van der Waals surface area contributed by atoms with Crippen molar-refractivity contribution in [2.24, 2.45) is 0 Å². The van der Waals surface area contributed by atoms with Crippen molar-refractivity contribution < 1.29 is 8.83 Å². The fourth-order valence-corrected chi connectivity index (χ4v) is 9.63. The standard InChI is InChI=1S/C54H32N2O2/c1-2-13-33(14-3-1)34-27-29-35(30-28-34)55(47-24-11-19-41-38-17-6-9-26-49(38)57-52(41)47)48-25-12-20-42-43-32-31-39-36-15-4-7-22-45(36)56-46-23-8-5-16-37(46)40-18-10-21-44(51(40)56)50(39)54(43)58-53(42)48/h1-32H. The highest BCUT2D eigenvalue weighted by molar-refractivity contribution is 6.22. The summed E-state index contributed by atoms with van der Waals surface area (Å²) in [5.74, 6) is 0. The van der Waals surface area contributed by atoms with Crippen LogP contribution in [0.3, 0.4) is 0 Å². The summed E-state index contributed by atoms with van der Waals surface area (Å²) in [6.45, 7) is 0. The molecule has 0 atom stereocenters. The first-order valence-electron chi connectivity index (χ1n) is 19.8. The molecular weight excluding hydrogens is 709 g/mol. The van der Waals surface area contributed by atoms with Gasteiger partial charge in [-0.25, -0.2) is 0 Å². The van der Waals surface area contributed by atoms with Crippen molar-refractivity contribution in [1.82, 2.24) is 4.57 Å². The Morgan fingerprint density at radius 3 is 1.81 bits per heavy atom. The molecule has 0 aliphatic carbocycles. The van der Waals surface area contributed by atoms with Crippen LogP contribution < -0.4 is 4.90 Å². The van der Waals surface area contributed by atoms with Gasteiger partial charge in [-0.2, -0.15) is 0 Å². The van der Waals surface area contributed by atoms with Crippen LogP contribution in [0.2, 0.25) is 0 Å². The van der Waals surface area contributed by atoms with Crippen LogP contribution in [0.1, 0.15) is 0 Å². The molecule has 13 rings (SSSR count). The van der Waals surface area contributed by atoms with E-state index in [-0.39, 0.29) is 0 Å². The Kier molecular flexibility index (Phi) is 6.41. The van der Waals surface area contributed by atoms with Gasteiger partial charge in [0, 0.05) is 54.7 Å². The van der Waals surface area contributed by atoms with Gasteiger partial charge in [0.2, 0.25) is 0 Å². The maximum absolute atomic E-state index is 7.38. The molecule has 12 aromatic rings. The molecule has 0 amide bonds. The SMILES string of the molecule is c1ccc(-c2ccc(N(c3cccc4c3oc3ccccc34)c3cccc4c3oc3c5c(ccc34)-c3ccccc3-n3c4ccccc4c4cccc-5c43)cc2)cc1. The molecule has 9 aromatic carbocycles. The normalized spacial score (nSPS) is 12.1. The first kappa shape index (κ1) is 31.4. The molecule has 3 aromatic heterocycles. The quantitative estimate of drug-likeness (QED) is 0.180. The lowest BCUT2D eigenvalue weighted by Gasteiger charge is -2.25. The number of hydrogen-bond donors (Lipinski definition) is 0. The third-order valence-electron chi connectivity index (χ3n) is 12.1. The van der Waals surface area contributed by atoms with E-state index in [9.17, 15) is 0 Å². The number of fused-ring (bicyclic) bond motifs is 15. The number of para-hydroxylation sites is 6. The molecule has 58 heavy (non-hydrogen) atoms. The molecule has 1 aliphatic heterocycles. The molecule has 0 N–H and O–H groups in total. The molecule has 4 heteroatoms. The second-order valence-electron chi connectivity index (χ2n) is 15.2. The molecule has 0 unspecified atom stereocenters. The van der Waals surface area contributed by atoms with Gasteiger partial charge in [0.15, 0.2) is 11.2 Å².